The fourth-order valence-electron chi connectivity index (χ4n) is 2.08. The minimum Gasteiger partial charge on any atom is -0.322 e. The van der Waals surface area contributed by atoms with Crippen LogP contribution in [0.1, 0.15) is 16.7 Å². The molecule has 0 saturated carbocycles. The lowest BCUT2D eigenvalue weighted by atomic mass is 10.1. The third-order valence-electron chi connectivity index (χ3n) is 3.60. The van der Waals surface area contributed by atoms with Crippen LogP contribution in [-0.4, -0.2) is 14.3 Å². The van der Waals surface area contributed by atoms with Gasteiger partial charge in [0, 0.05) is 11.8 Å². The molecule has 0 bridgehead atoms. The van der Waals surface area contributed by atoms with Gasteiger partial charge in [-0.05, 0) is 60.9 Å². The molecule has 1 amide bonds. The summed E-state index contributed by atoms with van der Waals surface area (Å²) in [5.74, 6) is -1.02. The van der Waals surface area contributed by atoms with Crippen LogP contribution in [0.25, 0.3) is 6.08 Å². The quantitative estimate of drug-likeness (QED) is 0.794. The van der Waals surface area contributed by atoms with Crippen molar-refractivity contribution in [2.75, 3.05) is 5.32 Å². The molecule has 0 aliphatic rings. The molecule has 5 nitrogen and oxygen atoms in total. The maximum absolute atomic E-state index is 13.1. The molecule has 0 atom stereocenters. The van der Waals surface area contributed by atoms with Crippen molar-refractivity contribution in [2.24, 2.45) is 5.14 Å². The largest absolute Gasteiger partial charge is 0.322 e. The van der Waals surface area contributed by atoms with Crippen LogP contribution in [0.3, 0.4) is 0 Å². The van der Waals surface area contributed by atoms with Gasteiger partial charge in [-0.25, -0.2) is 17.9 Å². The number of hydrogen-bond acceptors (Lipinski definition) is 3. The monoisotopic (exact) mass is 382 g/mol. The number of sulfonamides is 1. The van der Waals surface area contributed by atoms with Crippen molar-refractivity contribution in [3.8, 4) is 0 Å². The van der Waals surface area contributed by atoms with Gasteiger partial charge < -0.3 is 5.32 Å². The van der Waals surface area contributed by atoms with Gasteiger partial charge in [0.25, 0.3) is 0 Å². The van der Waals surface area contributed by atoms with Gasteiger partial charge in [-0.3, -0.25) is 4.79 Å². The number of nitrogens with two attached hydrogens (primary N) is 1. The molecule has 0 fully saturated rings. The van der Waals surface area contributed by atoms with E-state index in [4.69, 9.17) is 16.7 Å². The lowest BCUT2D eigenvalue weighted by molar-refractivity contribution is -0.111. The number of benzene rings is 2. The zero-order valence-electron chi connectivity index (χ0n) is 13.5. The van der Waals surface area contributed by atoms with Crippen molar-refractivity contribution < 1.29 is 17.6 Å². The maximum atomic E-state index is 13.1. The molecule has 0 aliphatic heterocycles. The lowest BCUT2D eigenvalue weighted by Crippen LogP contribution is -2.15. The molecule has 8 heteroatoms. The molecular weight excluding hydrogens is 367 g/mol. The molecule has 0 radical (unpaired) electrons. The maximum Gasteiger partial charge on any atom is 0.248 e. The van der Waals surface area contributed by atoms with Gasteiger partial charge in [0.15, 0.2) is 0 Å². The molecule has 0 aliphatic carbocycles. The standard InChI is InChI=1S/C17H16ClFN2O3S/c1-10-7-13(25(20,23)24)9-16(11(10)2)21-17(22)6-4-12-3-5-15(19)14(18)8-12/h3-9H,1-2H3,(H,21,22)(H2,20,23,24)/b6-4+. The van der Waals surface area contributed by atoms with Crippen LogP contribution >= 0.6 is 11.6 Å². The Morgan fingerprint density at radius 2 is 1.92 bits per heavy atom. The predicted molar refractivity (Wildman–Crippen MR) is 96.4 cm³/mol. The third kappa shape index (κ3) is 4.88. The summed E-state index contributed by atoms with van der Waals surface area (Å²) in [7, 11) is -3.88. The zero-order valence-corrected chi connectivity index (χ0v) is 15.1. The molecular formula is C17H16ClFN2O3S. The zero-order chi connectivity index (χ0) is 18.8. The number of amides is 1. The number of rotatable bonds is 4. The minimum absolute atomic E-state index is 0.0464. The van der Waals surface area contributed by atoms with E-state index in [0.717, 1.165) is 5.56 Å². The van der Waals surface area contributed by atoms with E-state index < -0.39 is 21.7 Å². The predicted octanol–water partition coefficient (Wildman–Crippen LogP) is 3.40. The summed E-state index contributed by atoms with van der Waals surface area (Å²) in [4.78, 5) is 12.0. The van der Waals surface area contributed by atoms with Gasteiger partial charge in [0.05, 0.1) is 9.92 Å². The van der Waals surface area contributed by atoms with Gasteiger partial charge >= 0.3 is 0 Å². The summed E-state index contributed by atoms with van der Waals surface area (Å²) in [6.07, 6.45) is 2.70. The van der Waals surface area contributed by atoms with Crippen molar-refractivity contribution in [2.45, 2.75) is 18.7 Å². The third-order valence-corrected chi connectivity index (χ3v) is 4.78. The lowest BCUT2D eigenvalue weighted by Gasteiger charge is -2.11. The highest BCUT2D eigenvalue weighted by atomic mass is 35.5. The normalized spacial score (nSPS) is 11.7. The first-order chi connectivity index (χ1) is 11.6. The van der Waals surface area contributed by atoms with E-state index in [1.54, 1.807) is 13.8 Å². The molecule has 2 aromatic rings. The smallest absolute Gasteiger partial charge is 0.248 e. The molecule has 0 aromatic heterocycles. The number of halogens is 2. The van der Waals surface area contributed by atoms with E-state index >= 15 is 0 Å². The van der Waals surface area contributed by atoms with Crippen LogP contribution in [0.4, 0.5) is 10.1 Å². The fourth-order valence-corrected chi connectivity index (χ4v) is 2.89. The number of carbonyl (C=O) groups is 1. The van der Waals surface area contributed by atoms with Gasteiger partial charge in [0.1, 0.15) is 5.82 Å². The van der Waals surface area contributed by atoms with Gasteiger partial charge in [0.2, 0.25) is 15.9 Å². The number of primary sulfonamides is 1. The summed E-state index contributed by atoms with van der Waals surface area (Å²) < 4.78 is 36.1. The number of carbonyl (C=O) groups excluding carboxylic acids is 1. The molecule has 132 valence electrons. The highest BCUT2D eigenvalue weighted by Gasteiger charge is 2.13. The van der Waals surface area contributed by atoms with E-state index in [-0.39, 0.29) is 9.92 Å². The molecule has 0 heterocycles. The summed E-state index contributed by atoms with van der Waals surface area (Å²) in [5.41, 5.74) is 2.29. The van der Waals surface area contributed by atoms with Crippen LogP contribution in [0, 0.1) is 19.7 Å². The van der Waals surface area contributed by atoms with E-state index in [0.29, 0.717) is 16.8 Å². The van der Waals surface area contributed by atoms with E-state index in [1.807, 2.05) is 0 Å². The van der Waals surface area contributed by atoms with E-state index in [2.05, 4.69) is 5.32 Å². The van der Waals surface area contributed by atoms with E-state index in [9.17, 15) is 17.6 Å². The second kappa shape index (κ2) is 7.35. The van der Waals surface area contributed by atoms with Crippen LogP contribution in [0.2, 0.25) is 5.02 Å². The van der Waals surface area contributed by atoms with Crippen LogP contribution in [0.5, 0.6) is 0 Å². The molecule has 0 saturated heterocycles. The van der Waals surface area contributed by atoms with Gasteiger partial charge in [-0.1, -0.05) is 17.7 Å². The highest BCUT2D eigenvalue weighted by molar-refractivity contribution is 7.89. The highest BCUT2D eigenvalue weighted by Crippen LogP contribution is 2.23. The van der Waals surface area contributed by atoms with Crippen molar-refractivity contribution in [1.29, 1.82) is 0 Å². The molecule has 2 aromatic carbocycles. The van der Waals surface area contributed by atoms with Crippen molar-refractivity contribution in [1.82, 2.24) is 0 Å². The van der Waals surface area contributed by atoms with Crippen LogP contribution in [-0.2, 0) is 14.8 Å². The SMILES string of the molecule is Cc1cc(S(N)(=O)=O)cc(NC(=O)/C=C/c2ccc(F)c(Cl)c2)c1C. The number of aryl methyl sites for hydroxylation is 1. The first-order valence-electron chi connectivity index (χ1n) is 7.16. The van der Waals surface area contributed by atoms with Crippen LogP contribution in [0.15, 0.2) is 41.3 Å². The Labute approximate surface area is 150 Å². The Balaban J connectivity index is 2.24. The topological polar surface area (TPSA) is 89.3 Å². The Kier molecular flexibility index (Phi) is 5.62. The summed E-state index contributed by atoms with van der Waals surface area (Å²) in [6.45, 7) is 3.47. The Hall–Kier alpha value is -2.22. The minimum atomic E-state index is -3.88. The summed E-state index contributed by atoms with van der Waals surface area (Å²) in [6, 6.07) is 6.80. The first-order valence-corrected chi connectivity index (χ1v) is 9.08. The molecule has 0 spiro atoms. The number of nitrogens with one attached hydrogen (secondary N) is 1. The number of anilines is 1. The molecule has 25 heavy (non-hydrogen) atoms. The first kappa shape index (κ1) is 19.1. The second-order valence-corrected chi connectivity index (χ2v) is 7.42. The number of hydrogen-bond donors (Lipinski definition) is 2. The molecule has 0 unspecified atom stereocenters. The summed E-state index contributed by atoms with van der Waals surface area (Å²) >= 11 is 5.68. The Morgan fingerprint density at radius 1 is 1.24 bits per heavy atom. The van der Waals surface area contributed by atoms with Crippen LogP contribution < -0.4 is 10.5 Å². The van der Waals surface area contributed by atoms with Gasteiger partial charge in [-0.2, -0.15) is 0 Å². The van der Waals surface area contributed by atoms with E-state index in [1.165, 1.54) is 42.5 Å². The molecule has 3 N–H and O–H groups in total. The fraction of sp³-hybridized carbons (Fsp3) is 0.118. The average Bonchev–Trinajstić information content (AvgIpc) is 2.51. The molecule has 2 rings (SSSR count). The summed E-state index contributed by atoms with van der Waals surface area (Å²) in [5, 5.41) is 7.70. The second-order valence-electron chi connectivity index (χ2n) is 5.45. The Morgan fingerprint density at radius 3 is 2.52 bits per heavy atom. The van der Waals surface area contributed by atoms with Gasteiger partial charge in [-0.15, -0.1) is 0 Å². The average molecular weight is 383 g/mol. The van der Waals surface area contributed by atoms with Crippen molar-refractivity contribution in [3.63, 3.8) is 0 Å². The Bertz CT molecular complexity index is 972. The van der Waals surface area contributed by atoms with Crippen molar-refractivity contribution in [3.05, 3.63) is 63.9 Å². The van der Waals surface area contributed by atoms with Crippen molar-refractivity contribution >= 4 is 39.3 Å².